The average Bonchev–Trinajstić information content (AvgIpc) is 2.62. The van der Waals surface area contributed by atoms with Crippen LogP contribution in [0.3, 0.4) is 0 Å². The molecule has 1 N–H and O–H groups in total. The van der Waals surface area contributed by atoms with E-state index < -0.39 is 6.04 Å². The van der Waals surface area contributed by atoms with Crippen LogP contribution in [-0.4, -0.2) is 30.9 Å². The van der Waals surface area contributed by atoms with E-state index in [-0.39, 0.29) is 30.6 Å². The number of rotatable bonds is 7. The number of hydrogen-bond acceptors (Lipinski definition) is 3. The number of nitrogens with zero attached hydrogens (tertiary/aromatic N) is 1. The summed E-state index contributed by atoms with van der Waals surface area (Å²) >= 11 is 0. The number of methoxy groups -OCH3 is 1. The number of amides is 2. The fourth-order valence-corrected chi connectivity index (χ4v) is 2.63. The molecule has 2 aromatic carbocycles. The van der Waals surface area contributed by atoms with Gasteiger partial charge in [0.15, 0.2) is 0 Å². The summed E-state index contributed by atoms with van der Waals surface area (Å²) in [5.41, 5.74) is 1.25. The van der Waals surface area contributed by atoms with Crippen LogP contribution >= 0.6 is 0 Å². The Hall–Kier alpha value is -2.89. The molecule has 0 saturated heterocycles. The Morgan fingerprint density at radius 1 is 1.15 bits per heavy atom. The molecule has 2 rings (SSSR count). The predicted molar refractivity (Wildman–Crippen MR) is 97.0 cm³/mol. The maximum Gasteiger partial charge on any atom is 0.225 e. The zero-order valence-corrected chi connectivity index (χ0v) is 15.2. The van der Waals surface area contributed by atoms with Crippen LogP contribution in [0.15, 0.2) is 48.5 Å². The molecule has 2 aromatic rings. The summed E-state index contributed by atoms with van der Waals surface area (Å²) in [5.74, 6) is -0.0720. The topological polar surface area (TPSA) is 58.6 Å². The summed E-state index contributed by atoms with van der Waals surface area (Å²) in [6, 6.07) is 13.1. The van der Waals surface area contributed by atoms with Crippen molar-refractivity contribution in [2.75, 3.05) is 14.2 Å². The molecule has 0 spiro atoms. The first-order valence-corrected chi connectivity index (χ1v) is 8.29. The van der Waals surface area contributed by atoms with Gasteiger partial charge in [0.05, 0.1) is 19.6 Å². The van der Waals surface area contributed by atoms with Crippen LogP contribution in [0.25, 0.3) is 0 Å². The van der Waals surface area contributed by atoms with Gasteiger partial charge in [-0.2, -0.15) is 0 Å². The molecule has 0 radical (unpaired) electrons. The number of benzene rings is 2. The Labute approximate surface area is 152 Å². The number of nitrogens with one attached hydrogen (secondary N) is 1. The standard InChI is InChI=1S/C20H23FN2O3/c1-14(24)22-19(15-8-10-17(26-3)11-9-15)12-20(25)23(2)13-16-6-4-5-7-18(16)21/h4-11,19H,12-13H2,1-3H3,(H,22,24). The molecule has 0 bridgehead atoms. The van der Waals surface area contributed by atoms with Gasteiger partial charge in [0.2, 0.25) is 11.8 Å². The third-order valence-corrected chi connectivity index (χ3v) is 4.07. The van der Waals surface area contributed by atoms with E-state index in [4.69, 9.17) is 4.74 Å². The molecular weight excluding hydrogens is 335 g/mol. The molecule has 2 amide bonds. The predicted octanol–water partition coefficient (Wildman–Crippen LogP) is 3.06. The maximum absolute atomic E-state index is 13.8. The van der Waals surface area contributed by atoms with Crippen molar-refractivity contribution in [3.63, 3.8) is 0 Å². The van der Waals surface area contributed by atoms with E-state index in [2.05, 4.69) is 5.32 Å². The van der Waals surface area contributed by atoms with Crippen LogP contribution in [0.4, 0.5) is 4.39 Å². The second kappa shape index (κ2) is 8.99. The first-order valence-electron chi connectivity index (χ1n) is 8.29. The number of carbonyl (C=O) groups excluding carboxylic acids is 2. The summed E-state index contributed by atoms with van der Waals surface area (Å²) in [7, 11) is 3.19. The van der Waals surface area contributed by atoms with Crippen LogP contribution in [0.2, 0.25) is 0 Å². The van der Waals surface area contributed by atoms with E-state index in [1.165, 1.54) is 17.9 Å². The Morgan fingerprint density at radius 2 is 1.81 bits per heavy atom. The third-order valence-electron chi connectivity index (χ3n) is 4.07. The van der Waals surface area contributed by atoms with Gasteiger partial charge in [0, 0.05) is 26.1 Å². The molecule has 0 aliphatic rings. The maximum atomic E-state index is 13.8. The lowest BCUT2D eigenvalue weighted by Gasteiger charge is -2.23. The van der Waals surface area contributed by atoms with Gasteiger partial charge in [-0.3, -0.25) is 9.59 Å². The molecule has 0 heterocycles. The lowest BCUT2D eigenvalue weighted by molar-refractivity contribution is -0.131. The van der Waals surface area contributed by atoms with Crippen molar-refractivity contribution in [2.24, 2.45) is 0 Å². The Bertz CT molecular complexity index is 762. The quantitative estimate of drug-likeness (QED) is 0.828. The largest absolute Gasteiger partial charge is 0.497 e. The first-order chi connectivity index (χ1) is 12.4. The number of hydrogen-bond donors (Lipinski definition) is 1. The average molecular weight is 358 g/mol. The zero-order chi connectivity index (χ0) is 19.1. The van der Waals surface area contributed by atoms with Crippen molar-refractivity contribution in [1.29, 1.82) is 0 Å². The fraction of sp³-hybridized carbons (Fsp3) is 0.300. The van der Waals surface area contributed by atoms with Crippen molar-refractivity contribution in [1.82, 2.24) is 10.2 Å². The fourth-order valence-electron chi connectivity index (χ4n) is 2.63. The minimum atomic E-state index is -0.464. The summed E-state index contributed by atoms with van der Waals surface area (Å²) in [4.78, 5) is 25.6. The first kappa shape index (κ1) is 19.4. The van der Waals surface area contributed by atoms with Crippen LogP contribution in [0, 0.1) is 5.82 Å². The lowest BCUT2D eigenvalue weighted by atomic mass is 10.0. The van der Waals surface area contributed by atoms with E-state index >= 15 is 0 Å². The molecule has 1 unspecified atom stereocenters. The highest BCUT2D eigenvalue weighted by Crippen LogP contribution is 2.21. The van der Waals surface area contributed by atoms with Crippen LogP contribution in [0.5, 0.6) is 5.75 Å². The van der Waals surface area contributed by atoms with Crippen molar-refractivity contribution >= 4 is 11.8 Å². The normalized spacial score (nSPS) is 11.5. The van der Waals surface area contributed by atoms with Gasteiger partial charge in [0.25, 0.3) is 0 Å². The molecule has 26 heavy (non-hydrogen) atoms. The van der Waals surface area contributed by atoms with Crippen LogP contribution < -0.4 is 10.1 Å². The molecule has 0 saturated carbocycles. The smallest absolute Gasteiger partial charge is 0.225 e. The highest BCUT2D eigenvalue weighted by atomic mass is 19.1. The molecule has 1 atom stereocenters. The summed E-state index contributed by atoms with van der Waals surface area (Å²) < 4.78 is 18.9. The minimum Gasteiger partial charge on any atom is -0.497 e. The van der Waals surface area contributed by atoms with E-state index in [9.17, 15) is 14.0 Å². The number of carbonyl (C=O) groups is 2. The van der Waals surface area contributed by atoms with Gasteiger partial charge in [-0.1, -0.05) is 30.3 Å². The molecule has 0 aliphatic heterocycles. The summed E-state index contributed by atoms with van der Waals surface area (Å²) in [6.07, 6.45) is 0.0802. The monoisotopic (exact) mass is 358 g/mol. The van der Waals surface area contributed by atoms with E-state index in [1.807, 2.05) is 12.1 Å². The van der Waals surface area contributed by atoms with Crippen LogP contribution in [0.1, 0.15) is 30.5 Å². The van der Waals surface area contributed by atoms with Gasteiger partial charge in [0.1, 0.15) is 11.6 Å². The van der Waals surface area contributed by atoms with Crippen molar-refractivity contribution in [3.05, 3.63) is 65.5 Å². The molecule has 0 fully saturated rings. The molecule has 5 nitrogen and oxygen atoms in total. The molecule has 0 aromatic heterocycles. The SMILES string of the molecule is COc1ccc(C(CC(=O)N(C)Cc2ccccc2F)NC(C)=O)cc1. The minimum absolute atomic E-state index is 0.0802. The molecule has 6 heteroatoms. The van der Waals surface area contributed by atoms with E-state index in [0.29, 0.717) is 11.3 Å². The number of ether oxygens (including phenoxy) is 1. The van der Waals surface area contributed by atoms with E-state index in [0.717, 1.165) is 5.56 Å². The number of halogens is 1. The van der Waals surface area contributed by atoms with Gasteiger partial charge in [-0.05, 0) is 23.8 Å². The third kappa shape index (κ3) is 5.31. The highest BCUT2D eigenvalue weighted by Gasteiger charge is 2.20. The van der Waals surface area contributed by atoms with Gasteiger partial charge >= 0.3 is 0 Å². The molecular formula is C20H23FN2O3. The Balaban J connectivity index is 2.09. The van der Waals surface area contributed by atoms with E-state index in [1.54, 1.807) is 44.5 Å². The molecule has 138 valence electrons. The van der Waals surface area contributed by atoms with Gasteiger partial charge in [-0.25, -0.2) is 4.39 Å². The summed E-state index contributed by atoms with van der Waals surface area (Å²) in [5, 5.41) is 2.79. The Morgan fingerprint density at radius 3 is 2.38 bits per heavy atom. The lowest BCUT2D eigenvalue weighted by Crippen LogP contribution is -2.33. The second-order valence-electron chi connectivity index (χ2n) is 6.07. The van der Waals surface area contributed by atoms with Crippen LogP contribution in [-0.2, 0) is 16.1 Å². The van der Waals surface area contributed by atoms with Gasteiger partial charge < -0.3 is 15.0 Å². The Kier molecular flexibility index (Phi) is 6.72. The summed E-state index contributed by atoms with van der Waals surface area (Å²) in [6.45, 7) is 1.57. The van der Waals surface area contributed by atoms with Crippen molar-refractivity contribution in [3.8, 4) is 5.75 Å². The van der Waals surface area contributed by atoms with Gasteiger partial charge in [-0.15, -0.1) is 0 Å². The van der Waals surface area contributed by atoms with Crippen molar-refractivity contribution < 1.29 is 18.7 Å². The second-order valence-corrected chi connectivity index (χ2v) is 6.07. The molecule has 0 aliphatic carbocycles. The van der Waals surface area contributed by atoms with Crippen molar-refractivity contribution in [2.45, 2.75) is 25.9 Å². The highest BCUT2D eigenvalue weighted by molar-refractivity contribution is 5.79. The zero-order valence-electron chi connectivity index (χ0n) is 15.2.